The molecule has 4 N–H and O–H groups in total. The van der Waals surface area contributed by atoms with Crippen LogP contribution in [0.3, 0.4) is 0 Å². The predicted molar refractivity (Wildman–Crippen MR) is 59.0 cm³/mol. The molecule has 10 heteroatoms. The van der Waals surface area contributed by atoms with Gasteiger partial charge in [-0.3, -0.25) is 9.05 Å². The van der Waals surface area contributed by atoms with Crippen LogP contribution in [0.5, 0.6) is 0 Å². The molecule has 0 bridgehead atoms. The zero-order chi connectivity index (χ0) is 13.7. The molecule has 104 valence electrons. The summed E-state index contributed by atoms with van der Waals surface area (Å²) in [5, 5.41) is 0. The van der Waals surface area contributed by atoms with Gasteiger partial charge in [-0.2, -0.15) is 0 Å². The van der Waals surface area contributed by atoms with Crippen molar-refractivity contribution in [3.63, 3.8) is 0 Å². The second kappa shape index (κ2) is 6.97. The van der Waals surface area contributed by atoms with Crippen LogP contribution < -0.4 is 0 Å². The number of hydrogen-bond acceptors (Lipinski definition) is 4. The van der Waals surface area contributed by atoms with Crippen LogP contribution >= 0.6 is 15.6 Å². The van der Waals surface area contributed by atoms with Crippen LogP contribution in [0.15, 0.2) is 0 Å². The maximum absolute atomic E-state index is 10.7. The highest BCUT2D eigenvalue weighted by Crippen LogP contribution is 2.44. The minimum Gasteiger partial charge on any atom is -0.303 e. The van der Waals surface area contributed by atoms with E-state index >= 15 is 0 Å². The van der Waals surface area contributed by atoms with Gasteiger partial charge in [-0.15, -0.1) is 0 Å². The van der Waals surface area contributed by atoms with Crippen LogP contribution in [0, 0.1) is 0 Å². The molecule has 0 fully saturated rings. The molecule has 2 atom stereocenters. The molecule has 0 unspecified atom stereocenters. The molecule has 0 saturated heterocycles. The minimum atomic E-state index is -4.72. The third-order valence-electron chi connectivity index (χ3n) is 1.94. The van der Waals surface area contributed by atoms with Crippen LogP contribution in [0.25, 0.3) is 0 Å². The number of phosphoric acid groups is 2. The SMILES string of the molecule is CCC[C@H](OP(=O)(O)O)[C@H](CC)OP(=O)(O)O. The lowest BCUT2D eigenvalue weighted by Gasteiger charge is -2.26. The summed E-state index contributed by atoms with van der Waals surface area (Å²) in [6, 6.07) is 0. The van der Waals surface area contributed by atoms with E-state index in [1.165, 1.54) is 0 Å². The summed E-state index contributed by atoms with van der Waals surface area (Å²) in [7, 11) is -9.43. The van der Waals surface area contributed by atoms with Crippen LogP contribution in [0.2, 0.25) is 0 Å². The molecule has 0 aliphatic rings. The highest BCUT2D eigenvalue weighted by Gasteiger charge is 2.32. The molecule has 0 spiro atoms. The minimum absolute atomic E-state index is 0.162. The Labute approximate surface area is 99.4 Å². The topological polar surface area (TPSA) is 134 Å². The molecular formula is C7H18O8P2. The summed E-state index contributed by atoms with van der Waals surface area (Å²) in [6.07, 6.45) is -1.20. The van der Waals surface area contributed by atoms with Crippen LogP contribution in [0.4, 0.5) is 0 Å². The van der Waals surface area contributed by atoms with E-state index in [2.05, 4.69) is 9.05 Å². The van der Waals surface area contributed by atoms with E-state index in [0.29, 0.717) is 6.42 Å². The molecule has 0 aliphatic carbocycles. The molecule has 17 heavy (non-hydrogen) atoms. The average molecular weight is 292 g/mol. The largest absolute Gasteiger partial charge is 0.469 e. The van der Waals surface area contributed by atoms with Gasteiger partial charge in [0.15, 0.2) is 0 Å². The van der Waals surface area contributed by atoms with Crippen molar-refractivity contribution in [2.45, 2.75) is 45.3 Å². The standard InChI is InChI=1S/C7H18O8P2/c1-3-5-7(15-17(11,12)13)6(4-2)14-16(8,9)10/h6-7H,3-5H2,1-2H3,(H2,8,9,10)(H2,11,12,13)/t6-,7-/m0/s1. The number of phosphoric ester groups is 2. The molecule has 0 aromatic heterocycles. The highest BCUT2D eigenvalue weighted by atomic mass is 31.2. The van der Waals surface area contributed by atoms with Gasteiger partial charge in [0.05, 0.1) is 12.2 Å². The van der Waals surface area contributed by atoms with Gasteiger partial charge in [0.2, 0.25) is 0 Å². The Morgan fingerprint density at radius 2 is 1.35 bits per heavy atom. The molecule has 0 aromatic rings. The third kappa shape index (κ3) is 8.88. The quantitative estimate of drug-likeness (QED) is 0.489. The second-order valence-electron chi connectivity index (χ2n) is 3.47. The predicted octanol–water partition coefficient (Wildman–Crippen LogP) is 1.15. The van der Waals surface area contributed by atoms with Crippen molar-refractivity contribution >= 4 is 15.6 Å². The molecule has 0 saturated carbocycles. The van der Waals surface area contributed by atoms with Crippen molar-refractivity contribution in [3.05, 3.63) is 0 Å². The highest BCUT2D eigenvalue weighted by molar-refractivity contribution is 7.46. The summed E-state index contributed by atoms with van der Waals surface area (Å²) < 4.78 is 30.3. The van der Waals surface area contributed by atoms with Gasteiger partial charge in [-0.1, -0.05) is 20.3 Å². The molecule has 0 amide bonds. The van der Waals surface area contributed by atoms with Gasteiger partial charge in [0, 0.05) is 0 Å². The van der Waals surface area contributed by atoms with Crippen LogP contribution in [-0.2, 0) is 18.2 Å². The third-order valence-corrected chi connectivity index (χ3v) is 3.03. The smallest absolute Gasteiger partial charge is 0.303 e. The van der Waals surface area contributed by atoms with Gasteiger partial charge >= 0.3 is 15.6 Å². The summed E-state index contributed by atoms with van der Waals surface area (Å²) in [5.74, 6) is 0. The summed E-state index contributed by atoms with van der Waals surface area (Å²) in [4.78, 5) is 34.7. The molecule has 0 aromatic carbocycles. The van der Waals surface area contributed by atoms with Crippen LogP contribution in [-0.4, -0.2) is 31.8 Å². The lowest BCUT2D eigenvalue weighted by Crippen LogP contribution is -2.29. The van der Waals surface area contributed by atoms with Crippen molar-refractivity contribution in [1.29, 1.82) is 0 Å². The van der Waals surface area contributed by atoms with E-state index in [0.717, 1.165) is 0 Å². The van der Waals surface area contributed by atoms with Crippen molar-refractivity contribution in [2.24, 2.45) is 0 Å². The first kappa shape index (κ1) is 17.2. The van der Waals surface area contributed by atoms with Gasteiger partial charge in [0.1, 0.15) is 0 Å². The second-order valence-corrected chi connectivity index (χ2v) is 5.85. The Morgan fingerprint density at radius 1 is 0.941 bits per heavy atom. The molecule has 0 radical (unpaired) electrons. The van der Waals surface area contributed by atoms with Crippen molar-refractivity contribution in [1.82, 2.24) is 0 Å². The van der Waals surface area contributed by atoms with Gasteiger partial charge in [0.25, 0.3) is 0 Å². The lowest BCUT2D eigenvalue weighted by molar-refractivity contribution is 0.00868. The van der Waals surface area contributed by atoms with E-state index in [9.17, 15) is 9.13 Å². The Balaban J connectivity index is 4.74. The summed E-state index contributed by atoms with van der Waals surface area (Å²) in [6.45, 7) is 3.33. The first-order valence-corrected chi connectivity index (χ1v) is 8.13. The number of hydrogen-bond donors (Lipinski definition) is 4. The van der Waals surface area contributed by atoms with Gasteiger partial charge in [-0.25, -0.2) is 9.13 Å². The Kier molecular flexibility index (Phi) is 7.06. The van der Waals surface area contributed by atoms with E-state index < -0.39 is 27.9 Å². The Bertz CT molecular complexity index is 307. The fraction of sp³-hybridized carbons (Fsp3) is 1.00. The molecular weight excluding hydrogens is 274 g/mol. The van der Waals surface area contributed by atoms with Crippen molar-refractivity contribution in [3.8, 4) is 0 Å². The van der Waals surface area contributed by atoms with Crippen LogP contribution in [0.1, 0.15) is 33.1 Å². The van der Waals surface area contributed by atoms with E-state index in [4.69, 9.17) is 19.6 Å². The normalized spacial score (nSPS) is 16.8. The van der Waals surface area contributed by atoms with E-state index in [1.807, 2.05) is 0 Å². The maximum atomic E-state index is 10.7. The maximum Gasteiger partial charge on any atom is 0.469 e. The lowest BCUT2D eigenvalue weighted by atomic mass is 10.1. The molecule has 0 aliphatic heterocycles. The van der Waals surface area contributed by atoms with Crippen molar-refractivity contribution in [2.75, 3.05) is 0 Å². The zero-order valence-electron chi connectivity index (χ0n) is 9.59. The molecule has 0 rings (SSSR count). The first-order valence-electron chi connectivity index (χ1n) is 5.07. The fourth-order valence-corrected chi connectivity index (χ4v) is 2.58. The fourth-order valence-electron chi connectivity index (χ4n) is 1.35. The van der Waals surface area contributed by atoms with E-state index in [1.54, 1.807) is 13.8 Å². The van der Waals surface area contributed by atoms with Crippen molar-refractivity contribution < 1.29 is 37.8 Å². The molecule has 0 heterocycles. The van der Waals surface area contributed by atoms with Gasteiger partial charge in [-0.05, 0) is 12.8 Å². The Hall–Kier alpha value is 0.220. The Morgan fingerprint density at radius 3 is 1.65 bits per heavy atom. The first-order chi connectivity index (χ1) is 7.59. The average Bonchev–Trinajstić information content (AvgIpc) is 2.10. The summed E-state index contributed by atoms with van der Waals surface area (Å²) in [5.41, 5.74) is 0. The molecule has 8 nitrogen and oxygen atoms in total. The zero-order valence-corrected chi connectivity index (χ0v) is 11.4. The van der Waals surface area contributed by atoms with E-state index in [-0.39, 0.29) is 12.8 Å². The monoisotopic (exact) mass is 292 g/mol. The summed E-state index contributed by atoms with van der Waals surface area (Å²) >= 11 is 0. The number of rotatable bonds is 8. The van der Waals surface area contributed by atoms with Gasteiger partial charge < -0.3 is 19.6 Å².